The third kappa shape index (κ3) is 3.72. The number of esters is 1. The van der Waals surface area contributed by atoms with Crippen molar-refractivity contribution in [2.45, 2.75) is 6.61 Å². The van der Waals surface area contributed by atoms with Crippen molar-refractivity contribution < 1.29 is 14.3 Å². The summed E-state index contributed by atoms with van der Waals surface area (Å²) in [6, 6.07) is 9.09. The maximum absolute atomic E-state index is 12.1. The molecule has 0 aliphatic heterocycles. The molecule has 23 heavy (non-hydrogen) atoms. The summed E-state index contributed by atoms with van der Waals surface area (Å²) in [6.07, 6.45) is 0. The standard InChI is InChI=1S/C16H12ClNO3S2/c1-20-13-5-4-11(17)7-10(13)8-21-16(19)12-9-23-15(18-12)14-3-2-6-22-14/h2-7,9H,8H2,1H3. The van der Waals surface area contributed by atoms with E-state index >= 15 is 0 Å². The first kappa shape index (κ1) is 16.0. The van der Waals surface area contributed by atoms with Crippen LogP contribution in [0.1, 0.15) is 16.1 Å². The van der Waals surface area contributed by atoms with Crippen molar-refractivity contribution >= 4 is 40.2 Å². The van der Waals surface area contributed by atoms with Crippen LogP contribution < -0.4 is 4.74 Å². The van der Waals surface area contributed by atoms with E-state index < -0.39 is 5.97 Å². The van der Waals surface area contributed by atoms with E-state index in [9.17, 15) is 4.79 Å². The van der Waals surface area contributed by atoms with Gasteiger partial charge in [0, 0.05) is 16.0 Å². The average Bonchev–Trinajstić information content (AvgIpc) is 3.23. The quantitative estimate of drug-likeness (QED) is 0.604. The van der Waals surface area contributed by atoms with Gasteiger partial charge in [-0.1, -0.05) is 17.7 Å². The lowest BCUT2D eigenvalue weighted by Gasteiger charge is -2.09. The van der Waals surface area contributed by atoms with E-state index in [4.69, 9.17) is 21.1 Å². The molecule has 2 heterocycles. The van der Waals surface area contributed by atoms with E-state index in [1.807, 2.05) is 17.5 Å². The van der Waals surface area contributed by atoms with E-state index in [1.54, 1.807) is 42.0 Å². The van der Waals surface area contributed by atoms with Gasteiger partial charge in [-0.25, -0.2) is 9.78 Å². The van der Waals surface area contributed by atoms with Crippen LogP contribution in [0.4, 0.5) is 0 Å². The third-order valence-corrected chi connectivity index (χ3v) is 5.16. The summed E-state index contributed by atoms with van der Waals surface area (Å²) in [5.74, 6) is 0.158. The average molecular weight is 366 g/mol. The Morgan fingerprint density at radius 3 is 2.91 bits per heavy atom. The smallest absolute Gasteiger partial charge is 0.358 e. The van der Waals surface area contributed by atoms with Crippen molar-refractivity contribution in [2.75, 3.05) is 7.11 Å². The number of hydrogen-bond acceptors (Lipinski definition) is 6. The minimum Gasteiger partial charge on any atom is -0.496 e. The van der Waals surface area contributed by atoms with Crippen LogP contribution in [0.5, 0.6) is 5.75 Å². The second-order valence-electron chi connectivity index (χ2n) is 4.55. The van der Waals surface area contributed by atoms with Crippen molar-refractivity contribution in [1.82, 2.24) is 4.98 Å². The first-order chi connectivity index (χ1) is 11.2. The molecule has 2 aromatic heterocycles. The second kappa shape index (κ2) is 7.12. The first-order valence-corrected chi connectivity index (χ1v) is 8.80. The molecule has 0 bridgehead atoms. The van der Waals surface area contributed by atoms with Crippen LogP contribution in [0.15, 0.2) is 41.1 Å². The predicted molar refractivity (Wildman–Crippen MR) is 92.6 cm³/mol. The van der Waals surface area contributed by atoms with Crippen molar-refractivity contribution in [2.24, 2.45) is 0 Å². The Morgan fingerprint density at radius 1 is 1.30 bits per heavy atom. The Bertz CT molecular complexity index is 815. The number of halogens is 1. The molecule has 0 saturated heterocycles. The number of hydrogen-bond donors (Lipinski definition) is 0. The van der Waals surface area contributed by atoms with Crippen LogP contribution in [0.3, 0.4) is 0 Å². The molecule has 118 valence electrons. The van der Waals surface area contributed by atoms with Crippen molar-refractivity contribution in [3.8, 4) is 15.6 Å². The molecule has 0 amide bonds. The number of methoxy groups -OCH3 is 1. The molecule has 1 aromatic carbocycles. The Balaban J connectivity index is 1.69. The lowest BCUT2D eigenvalue weighted by atomic mass is 10.2. The highest BCUT2D eigenvalue weighted by atomic mass is 35.5. The number of carbonyl (C=O) groups excluding carboxylic acids is 1. The SMILES string of the molecule is COc1ccc(Cl)cc1COC(=O)c1csc(-c2cccs2)n1. The van der Waals surface area contributed by atoms with Crippen LogP contribution >= 0.6 is 34.3 Å². The Kier molecular flexibility index (Phi) is 4.95. The van der Waals surface area contributed by atoms with Crippen molar-refractivity contribution in [3.63, 3.8) is 0 Å². The van der Waals surface area contributed by atoms with Gasteiger partial charge >= 0.3 is 5.97 Å². The molecule has 0 aliphatic carbocycles. The van der Waals surface area contributed by atoms with Crippen molar-refractivity contribution in [3.05, 3.63) is 57.4 Å². The van der Waals surface area contributed by atoms with E-state index in [0.717, 1.165) is 9.88 Å². The van der Waals surface area contributed by atoms with Crippen LogP contribution in [0, 0.1) is 0 Å². The summed E-state index contributed by atoms with van der Waals surface area (Å²) in [7, 11) is 1.56. The summed E-state index contributed by atoms with van der Waals surface area (Å²) in [4.78, 5) is 17.5. The molecule has 0 saturated carbocycles. The van der Waals surface area contributed by atoms with Gasteiger partial charge in [0.05, 0.1) is 12.0 Å². The predicted octanol–water partition coefficient (Wildman–Crippen LogP) is 4.89. The maximum Gasteiger partial charge on any atom is 0.358 e. The molecule has 0 aliphatic rings. The van der Waals surface area contributed by atoms with Crippen molar-refractivity contribution in [1.29, 1.82) is 0 Å². The monoisotopic (exact) mass is 365 g/mol. The zero-order chi connectivity index (χ0) is 16.2. The molecule has 3 aromatic rings. The molecule has 0 unspecified atom stereocenters. The van der Waals surface area contributed by atoms with Gasteiger partial charge in [-0.2, -0.15) is 0 Å². The van der Waals surface area contributed by atoms with Gasteiger partial charge < -0.3 is 9.47 Å². The van der Waals surface area contributed by atoms with Crippen LogP contribution in [-0.4, -0.2) is 18.1 Å². The minimum atomic E-state index is -0.467. The fraction of sp³-hybridized carbons (Fsp3) is 0.125. The summed E-state index contributed by atoms with van der Waals surface area (Å²) < 4.78 is 10.5. The summed E-state index contributed by atoms with van der Waals surface area (Å²) in [6.45, 7) is 0.0778. The fourth-order valence-electron chi connectivity index (χ4n) is 1.96. The van der Waals surface area contributed by atoms with Crippen LogP contribution in [0.2, 0.25) is 5.02 Å². The maximum atomic E-state index is 12.1. The lowest BCUT2D eigenvalue weighted by Crippen LogP contribution is -2.06. The zero-order valence-electron chi connectivity index (χ0n) is 12.1. The summed E-state index contributed by atoms with van der Waals surface area (Å²) >= 11 is 8.96. The lowest BCUT2D eigenvalue weighted by molar-refractivity contribution is 0.0464. The van der Waals surface area contributed by atoms with Gasteiger partial charge in [-0.3, -0.25) is 0 Å². The molecule has 3 rings (SSSR count). The third-order valence-electron chi connectivity index (χ3n) is 3.05. The van der Waals surface area contributed by atoms with Gasteiger partial charge in [-0.15, -0.1) is 22.7 Å². The topological polar surface area (TPSA) is 48.4 Å². The highest BCUT2D eigenvalue weighted by Crippen LogP contribution is 2.28. The largest absolute Gasteiger partial charge is 0.496 e. The molecule has 7 heteroatoms. The normalized spacial score (nSPS) is 10.5. The number of thiazole rings is 1. The first-order valence-electron chi connectivity index (χ1n) is 6.66. The van der Waals surface area contributed by atoms with Crippen LogP contribution in [-0.2, 0) is 11.3 Å². The molecule has 0 fully saturated rings. The van der Waals surface area contributed by atoms with E-state index in [0.29, 0.717) is 22.0 Å². The highest BCUT2D eigenvalue weighted by molar-refractivity contribution is 7.20. The van der Waals surface area contributed by atoms with Gasteiger partial charge in [-0.05, 0) is 29.6 Å². The molecular weight excluding hydrogens is 354 g/mol. The number of carbonyl (C=O) groups is 1. The van der Waals surface area contributed by atoms with Gasteiger partial charge in [0.2, 0.25) is 0 Å². The second-order valence-corrected chi connectivity index (χ2v) is 6.79. The number of benzene rings is 1. The number of nitrogens with zero attached hydrogens (tertiary/aromatic N) is 1. The number of aromatic nitrogens is 1. The van der Waals surface area contributed by atoms with E-state index in [1.165, 1.54) is 11.3 Å². The molecule has 4 nitrogen and oxygen atoms in total. The molecule has 0 atom stereocenters. The number of thiophene rings is 1. The number of rotatable bonds is 5. The van der Waals surface area contributed by atoms with E-state index in [2.05, 4.69) is 4.98 Å². The molecule has 0 spiro atoms. The van der Waals surface area contributed by atoms with Gasteiger partial charge in [0.15, 0.2) is 5.69 Å². The Hall–Kier alpha value is -1.89. The molecule has 0 N–H and O–H groups in total. The van der Waals surface area contributed by atoms with Crippen LogP contribution in [0.25, 0.3) is 9.88 Å². The van der Waals surface area contributed by atoms with E-state index in [-0.39, 0.29) is 6.61 Å². The van der Waals surface area contributed by atoms with Gasteiger partial charge in [0.25, 0.3) is 0 Å². The van der Waals surface area contributed by atoms with Gasteiger partial charge in [0.1, 0.15) is 17.4 Å². The number of ether oxygens (including phenoxy) is 2. The Morgan fingerprint density at radius 2 is 2.17 bits per heavy atom. The highest BCUT2D eigenvalue weighted by Gasteiger charge is 2.15. The molecule has 0 radical (unpaired) electrons. The fourth-order valence-corrected chi connectivity index (χ4v) is 3.76. The minimum absolute atomic E-state index is 0.0778. The Labute approximate surface area is 146 Å². The summed E-state index contributed by atoms with van der Waals surface area (Å²) in [5, 5.41) is 5.05. The molecular formula is C16H12ClNO3S2. The summed E-state index contributed by atoms with van der Waals surface area (Å²) in [5.41, 5.74) is 1.02. The zero-order valence-corrected chi connectivity index (χ0v) is 14.5.